The molecule has 0 fully saturated rings. The second-order valence-electron chi connectivity index (χ2n) is 2.76. The molecule has 0 atom stereocenters. The lowest BCUT2D eigenvalue weighted by molar-refractivity contribution is -0.134. The fraction of sp³-hybridized carbons (Fsp3) is 0.100. The molecule has 0 radical (unpaired) electrons. The van der Waals surface area contributed by atoms with Crippen molar-refractivity contribution in [3.05, 3.63) is 40.8 Å². The molecule has 5 nitrogen and oxygen atoms in total. The molecule has 0 aliphatic rings. The van der Waals surface area contributed by atoms with Crippen molar-refractivity contribution in [2.45, 2.75) is 0 Å². The van der Waals surface area contributed by atoms with E-state index in [1.807, 2.05) is 0 Å². The molecular weight excluding hydrogens is 232 g/mol. The third-order valence-corrected chi connectivity index (χ3v) is 2.05. The highest BCUT2D eigenvalue weighted by Gasteiger charge is 2.06. The predicted octanol–water partition coefficient (Wildman–Crippen LogP) is 2.51. The molecule has 0 spiro atoms. The minimum Gasteiger partial charge on any atom is -0.466 e. The van der Waals surface area contributed by atoms with E-state index in [-0.39, 0.29) is 0 Å². The summed E-state index contributed by atoms with van der Waals surface area (Å²) in [5, 5.41) is 2.57. The molecule has 6 heteroatoms. The first kappa shape index (κ1) is 12.2. The van der Waals surface area contributed by atoms with Gasteiger partial charge >= 0.3 is 5.97 Å². The van der Waals surface area contributed by atoms with Gasteiger partial charge in [0.15, 0.2) is 0 Å². The van der Waals surface area contributed by atoms with E-state index in [1.54, 1.807) is 24.3 Å². The SMILES string of the molecule is COC(=O)/C=C/c1ccccc1N(Cl)N=O. The fourth-order valence-corrected chi connectivity index (χ4v) is 1.22. The van der Waals surface area contributed by atoms with Crippen LogP contribution in [0.5, 0.6) is 0 Å². The van der Waals surface area contributed by atoms with E-state index in [1.165, 1.54) is 19.3 Å². The molecule has 0 unspecified atom stereocenters. The highest BCUT2D eigenvalue weighted by molar-refractivity contribution is 6.25. The summed E-state index contributed by atoms with van der Waals surface area (Å²) in [5.41, 5.74) is 0.974. The van der Waals surface area contributed by atoms with E-state index in [9.17, 15) is 9.70 Å². The van der Waals surface area contributed by atoms with Crippen LogP contribution in [-0.2, 0) is 9.53 Å². The second kappa shape index (κ2) is 5.87. The van der Waals surface area contributed by atoms with Gasteiger partial charge < -0.3 is 4.74 Å². The highest BCUT2D eigenvalue weighted by Crippen LogP contribution is 2.23. The normalized spacial score (nSPS) is 10.1. The second-order valence-corrected chi connectivity index (χ2v) is 3.08. The number of rotatable bonds is 4. The molecule has 16 heavy (non-hydrogen) atoms. The third kappa shape index (κ3) is 3.06. The zero-order valence-corrected chi connectivity index (χ0v) is 9.22. The molecule has 0 saturated carbocycles. The summed E-state index contributed by atoms with van der Waals surface area (Å²) in [6.45, 7) is 0. The first-order chi connectivity index (χ1) is 7.69. The molecule has 1 aromatic carbocycles. The van der Waals surface area contributed by atoms with Gasteiger partial charge in [0.2, 0.25) is 0 Å². The maximum absolute atomic E-state index is 10.9. The van der Waals surface area contributed by atoms with Gasteiger partial charge in [-0.05, 0) is 12.1 Å². The summed E-state index contributed by atoms with van der Waals surface area (Å²) in [6.07, 6.45) is 2.72. The highest BCUT2D eigenvalue weighted by atomic mass is 35.5. The Labute approximate surface area is 97.3 Å². The number of methoxy groups -OCH3 is 1. The zero-order chi connectivity index (χ0) is 12.0. The molecular formula is C10H9ClN2O3. The average Bonchev–Trinajstić information content (AvgIpc) is 2.35. The van der Waals surface area contributed by atoms with E-state index in [2.05, 4.69) is 10.0 Å². The summed E-state index contributed by atoms with van der Waals surface area (Å²) in [5.74, 6) is -0.491. The Balaban J connectivity index is 2.99. The number of nitrogens with zero attached hydrogens (tertiary/aromatic N) is 2. The Bertz CT molecular complexity index is 420. The van der Waals surface area contributed by atoms with Crippen molar-refractivity contribution >= 4 is 29.5 Å². The van der Waals surface area contributed by atoms with Crippen LogP contribution in [0.15, 0.2) is 35.6 Å². The van der Waals surface area contributed by atoms with Gasteiger partial charge in [0, 0.05) is 23.4 Å². The van der Waals surface area contributed by atoms with Crippen LogP contribution in [0.1, 0.15) is 5.56 Å². The Morgan fingerprint density at radius 3 is 2.81 bits per heavy atom. The standard InChI is InChI=1S/C10H9ClN2O3/c1-16-10(14)7-6-8-4-2-3-5-9(8)13(11)12-15/h2-7H,1H3/b7-6+. The summed E-state index contributed by atoms with van der Waals surface area (Å²) in [6, 6.07) is 6.74. The van der Waals surface area contributed by atoms with Crippen molar-refractivity contribution in [2.24, 2.45) is 5.29 Å². The summed E-state index contributed by atoms with van der Waals surface area (Å²) in [4.78, 5) is 21.2. The minimum absolute atomic E-state index is 0.388. The smallest absolute Gasteiger partial charge is 0.330 e. The fourth-order valence-electron chi connectivity index (χ4n) is 1.07. The Hall–Kier alpha value is -1.88. The van der Waals surface area contributed by atoms with Crippen molar-refractivity contribution in [3.8, 4) is 0 Å². The van der Waals surface area contributed by atoms with Gasteiger partial charge in [-0.25, -0.2) is 4.79 Å². The van der Waals surface area contributed by atoms with Crippen molar-refractivity contribution < 1.29 is 9.53 Å². The number of halogens is 1. The van der Waals surface area contributed by atoms with E-state index < -0.39 is 5.97 Å². The number of nitroso groups, excluding NO2 is 1. The number of carbonyl (C=O) groups excluding carboxylic acids is 1. The van der Waals surface area contributed by atoms with Crippen LogP contribution in [0.3, 0.4) is 0 Å². The summed E-state index contributed by atoms with van der Waals surface area (Å²) < 4.78 is 5.10. The average molecular weight is 241 g/mol. The van der Waals surface area contributed by atoms with Crippen LogP contribution in [0.2, 0.25) is 0 Å². The maximum atomic E-state index is 10.9. The number of hydrogen-bond acceptors (Lipinski definition) is 4. The van der Waals surface area contributed by atoms with Gasteiger partial charge in [-0.15, -0.1) is 9.44 Å². The number of anilines is 1. The Morgan fingerprint density at radius 1 is 1.50 bits per heavy atom. The monoisotopic (exact) mass is 240 g/mol. The van der Waals surface area contributed by atoms with E-state index in [0.717, 1.165) is 0 Å². The molecule has 0 aliphatic carbocycles. The van der Waals surface area contributed by atoms with Gasteiger partial charge in [0.25, 0.3) is 0 Å². The van der Waals surface area contributed by atoms with Crippen LogP contribution in [-0.4, -0.2) is 13.1 Å². The van der Waals surface area contributed by atoms with E-state index >= 15 is 0 Å². The lowest BCUT2D eigenvalue weighted by Crippen LogP contribution is -2.00. The zero-order valence-electron chi connectivity index (χ0n) is 8.46. The van der Waals surface area contributed by atoms with Gasteiger partial charge in [-0.2, -0.15) is 0 Å². The largest absolute Gasteiger partial charge is 0.466 e. The van der Waals surface area contributed by atoms with Crippen molar-refractivity contribution in [3.63, 3.8) is 0 Å². The van der Waals surface area contributed by atoms with Crippen LogP contribution < -0.4 is 4.53 Å². The van der Waals surface area contributed by atoms with Gasteiger partial charge in [-0.3, -0.25) is 0 Å². The predicted molar refractivity (Wildman–Crippen MR) is 61.6 cm³/mol. The Kier molecular flexibility index (Phi) is 4.47. The van der Waals surface area contributed by atoms with Crippen LogP contribution >= 0.6 is 11.8 Å². The quantitative estimate of drug-likeness (QED) is 0.267. The first-order valence-electron chi connectivity index (χ1n) is 4.33. The maximum Gasteiger partial charge on any atom is 0.330 e. The summed E-state index contributed by atoms with van der Waals surface area (Å²) >= 11 is 5.55. The van der Waals surface area contributed by atoms with Gasteiger partial charge in [0.05, 0.1) is 18.1 Å². The van der Waals surface area contributed by atoms with Crippen molar-refractivity contribution in [1.82, 2.24) is 0 Å². The molecule has 0 aromatic heterocycles. The lowest BCUT2D eigenvalue weighted by Gasteiger charge is -2.08. The third-order valence-electron chi connectivity index (χ3n) is 1.81. The molecule has 0 saturated heterocycles. The molecule has 0 amide bonds. The molecule has 0 bridgehead atoms. The molecule has 0 aliphatic heterocycles. The molecule has 1 rings (SSSR count). The number of hydrogen-bond donors (Lipinski definition) is 0. The van der Waals surface area contributed by atoms with Crippen molar-refractivity contribution in [1.29, 1.82) is 0 Å². The number of para-hydroxylation sites is 1. The number of ether oxygens (including phenoxy) is 1. The van der Waals surface area contributed by atoms with Crippen LogP contribution in [0.25, 0.3) is 6.08 Å². The minimum atomic E-state index is -0.491. The van der Waals surface area contributed by atoms with Crippen molar-refractivity contribution in [2.75, 3.05) is 11.6 Å². The van der Waals surface area contributed by atoms with Crippen LogP contribution in [0.4, 0.5) is 5.69 Å². The van der Waals surface area contributed by atoms with E-state index in [4.69, 9.17) is 11.8 Å². The Morgan fingerprint density at radius 2 is 2.19 bits per heavy atom. The number of esters is 1. The van der Waals surface area contributed by atoms with Crippen LogP contribution in [0, 0.1) is 4.91 Å². The number of benzene rings is 1. The summed E-state index contributed by atoms with van der Waals surface area (Å²) in [7, 11) is 1.28. The molecule has 84 valence electrons. The van der Waals surface area contributed by atoms with E-state index in [0.29, 0.717) is 15.8 Å². The number of carbonyl (C=O) groups is 1. The van der Waals surface area contributed by atoms with Gasteiger partial charge in [0.1, 0.15) is 0 Å². The first-order valence-corrected chi connectivity index (χ1v) is 4.67. The molecule has 1 aromatic rings. The van der Waals surface area contributed by atoms with Gasteiger partial charge in [-0.1, -0.05) is 18.2 Å². The molecule has 0 heterocycles. The molecule has 0 N–H and O–H groups in total. The topological polar surface area (TPSA) is 59.0 Å². The lowest BCUT2D eigenvalue weighted by atomic mass is 10.1.